The van der Waals surface area contributed by atoms with Gasteiger partial charge in [0.2, 0.25) is 10.0 Å². The van der Waals surface area contributed by atoms with Gasteiger partial charge in [-0.15, -0.1) is 0 Å². The zero-order valence-corrected chi connectivity index (χ0v) is 23.1. The van der Waals surface area contributed by atoms with Crippen molar-refractivity contribution < 1.29 is 22.7 Å². The summed E-state index contributed by atoms with van der Waals surface area (Å²) in [5.41, 5.74) is 3.53. The van der Waals surface area contributed by atoms with Crippen molar-refractivity contribution in [1.82, 2.24) is 9.29 Å². The highest BCUT2D eigenvalue weighted by Crippen LogP contribution is 2.33. The smallest absolute Gasteiger partial charge is 0.260 e. The molecule has 0 radical (unpaired) electrons. The molecule has 0 saturated carbocycles. The molecule has 0 spiro atoms. The Kier molecular flexibility index (Phi) is 7.65. The summed E-state index contributed by atoms with van der Waals surface area (Å²) in [5.74, 6) is -0.222. The number of nitrogens with zero attached hydrogens (tertiary/aromatic N) is 3. The largest absolute Gasteiger partial charge is 0.377 e. The Labute approximate surface area is 222 Å². The van der Waals surface area contributed by atoms with Gasteiger partial charge in [-0.2, -0.15) is 4.31 Å². The molecule has 10 heteroatoms. The number of rotatable bonds is 8. The van der Waals surface area contributed by atoms with Crippen LogP contribution in [0.25, 0.3) is 10.2 Å². The third kappa shape index (κ3) is 5.58. The SMILES string of the molecule is Cc1cc(C)c2nc(N(CC3CCCO3)C(=O)c3ccc(S(=O)(=O)N(C)CC4CCCO4)cc3)sc2c1. The first kappa shape index (κ1) is 26.2. The Bertz CT molecular complexity index is 1380. The van der Waals surface area contributed by atoms with Crippen LogP contribution in [0.2, 0.25) is 0 Å². The predicted molar refractivity (Wildman–Crippen MR) is 145 cm³/mol. The van der Waals surface area contributed by atoms with E-state index in [1.807, 2.05) is 6.92 Å². The molecular weight excluding hydrogens is 510 g/mol. The summed E-state index contributed by atoms with van der Waals surface area (Å²) < 4.78 is 40.0. The normalized spacial score (nSPS) is 20.2. The third-order valence-electron chi connectivity index (χ3n) is 7.00. The van der Waals surface area contributed by atoms with Crippen LogP contribution in [0.15, 0.2) is 41.3 Å². The van der Waals surface area contributed by atoms with Gasteiger partial charge in [0, 0.05) is 32.4 Å². The lowest BCUT2D eigenvalue weighted by Crippen LogP contribution is -2.37. The second-order valence-corrected chi connectivity index (χ2v) is 13.0. The van der Waals surface area contributed by atoms with Gasteiger partial charge in [-0.3, -0.25) is 9.69 Å². The minimum atomic E-state index is -3.69. The summed E-state index contributed by atoms with van der Waals surface area (Å²) in [5, 5.41) is 0.622. The first-order valence-corrected chi connectivity index (χ1v) is 15.0. The molecule has 2 aliphatic heterocycles. The molecule has 2 atom stereocenters. The van der Waals surface area contributed by atoms with Crippen LogP contribution in [0.5, 0.6) is 0 Å². The lowest BCUT2D eigenvalue weighted by Gasteiger charge is -2.23. The van der Waals surface area contributed by atoms with Gasteiger partial charge < -0.3 is 9.47 Å². The number of sulfonamides is 1. The van der Waals surface area contributed by atoms with E-state index in [2.05, 4.69) is 19.1 Å². The van der Waals surface area contributed by atoms with E-state index in [-0.39, 0.29) is 23.0 Å². The molecule has 198 valence electrons. The summed E-state index contributed by atoms with van der Waals surface area (Å²) in [6, 6.07) is 10.4. The molecule has 0 aliphatic carbocycles. The predicted octanol–water partition coefficient (Wildman–Crippen LogP) is 4.54. The first-order valence-electron chi connectivity index (χ1n) is 12.7. The maximum atomic E-state index is 13.7. The van der Waals surface area contributed by atoms with E-state index in [1.54, 1.807) is 24.1 Å². The highest BCUT2D eigenvalue weighted by atomic mass is 32.2. The van der Waals surface area contributed by atoms with Gasteiger partial charge >= 0.3 is 0 Å². The molecule has 2 aliphatic rings. The van der Waals surface area contributed by atoms with Crippen molar-refractivity contribution >= 4 is 42.6 Å². The van der Waals surface area contributed by atoms with Gasteiger partial charge in [-0.05, 0) is 81.0 Å². The molecule has 3 aromatic rings. The molecule has 0 N–H and O–H groups in total. The summed E-state index contributed by atoms with van der Waals surface area (Å²) in [7, 11) is -2.12. The highest BCUT2D eigenvalue weighted by molar-refractivity contribution is 7.89. The number of carbonyl (C=O) groups is 1. The van der Waals surface area contributed by atoms with E-state index in [4.69, 9.17) is 14.5 Å². The van der Waals surface area contributed by atoms with Crippen molar-refractivity contribution in [2.75, 3.05) is 38.3 Å². The van der Waals surface area contributed by atoms with Crippen molar-refractivity contribution in [1.29, 1.82) is 0 Å². The lowest BCUT2D eigenvalue weighted by molar-refractivity contribution is 0.0917. The van der Waals surface area contributed by atoms with Crippen molar-refractivity contribution in [3.05, 3.63) is 53.1 Å². The van der Waals surface area contributed by atoms with Gasteiger partial charge in [-0.1, -0.05) is 17.4 Å². The van der Waals surface area contributed by atoms with Crippen molar-refractivity contribution in [3.8, 4) is 0 Å². The van der Waals surface area contributed by atoms with Crippen LogP contribution in [-0.4, -0.2) is 69.2 Å². The van der Waals surface area contributed by atoms with E-state index in [0.717, 1.165) is 47.0 Å². The fraction of sp³-hybridized carbons (Fsp3) is 0.481. The molecule has 2 saturated heterocycles. The standard InChI is InChI=1S/C27H33N3O5S2/c1-18-14-19(2)25-24(15-18)36-27(28-25)30(17-22-7-5-13-35-22)26(31)20-8-10-23(11-9-20)37(32,33)29(3)16-21-6-4-12-34-21/h8-11,14-15,21-22H,4-7,12-13,16-17H2,1-3H3. The molecule has 1 aromatic heterocycles. The van der Waals surface area contributed by atoms with Crippen molar-refractivity contribution in [2.24, 2.45) is 0 Å². The van der Waals surface area contributed by atoms with Crippen LogP contribution >= 0.6 is 11.3 Å². The monoisotopic (exact) mass is 543 g/mol. The fourth-order valence-corrected chi connectivity index (χ4v) is 7.34. The summed E-state index contributed by atoms with van der Waals surface area (Å²) in [6.07, 6.45) is 3.54. The minimum Gasteiger partial charge on any atom is -0.377 e. The van der Waals surface area contributed by atoms with Crippen LogP contribution in [0.3, 0.4) is 0 Å². The fourth-order valence-electron chi connectivity index (χ4n) is 4.99. The number of likely N-dealkylation sites (N-methyl/N-ethyl adjacent to an activating group) is 1. The average Bonchev–Trinajstić information content (AvgIpc) is 3.64. The van der Waals surface area contributed by atoms with Gasteiger partial charge in [0.25, 0.3) is 5.91 Å². The molecule has 37 heavy (non-hydrogen) atoms. The van der Waals surface area contributed by atoms with Gasteiger partial charge in [0.05, 0.1) is 33.9 Å². The molecule has 2 unspecified atom stereocenters. The third-order valence-corrected chi connectivity index (χ3v) is 9.86. The number of hydrogen-bond donors (Lipinski definition) is 0. The quantitative estimate of drug-likeness (QED) is 0.415. The summed E-state index contributed by atoms with van der Waals surface area (Å²) in [4.78, 5) is 20.4. The van der Waals surface area contributed by atoms with Crippen molar-refractivity contribution in [2.45, 2.75) is 56.6 Å². The van der Waals surface area contributed by atoms with Crippen LogP contribution in [0.1, 0.15) is 47.2 Å². The van der Waals surface area contributed by atoms with Gasteiger partial charge in [-0.25, -0.2) is 13.4 Å². The number of fused-ring (bicyclic) bond motifs is 1. The molecular formula is C27H33N3O5S2. The second kappa shape index (κ2) is 10.8. The van der Waals surface area contributed by atoms with Crippen molar-refractivity contribution in [3.63, 3.8) is 0 Å². The van der Waals surface area contributed by atoms with Crippen LogP contribution < -0.4 is 4.90 Å². The van der Waals surface area contributed by atoms with Crippen LogP contribution in [-0.2, 0) is 19.5 Å². The number of hydrogen-bond acceptors (Lipinski definition) is 7. The number of aryl methyl sites for hydroxylation is 2. The Morgan fingerprint density at radius 1 is 1.03 bits per heavy atom. The Morgan fingerprint density at radius 3 is 2.30 bits per heavy atom. The Hall–Kier alpha value is -2.37. The van der Waals surface area contributed by atoms with Gasteiger partial charge in [0.1, 0.15) is 0 Å². The van der Waals surface area contributed by atoms with Crippen LogP contribution in [0.4, 0.5) is 5.13 Å². The molecule has 2 fully saturated rings. The number of ether oxygens (including phenoxy) is 2. The highest BCUT2D eigenvalue weighted by Gasteiger charge is 2.29. The number of benzene rings is 2. The minimum absolute atomic E-state index is 0.0510. The van der Waals surface area contributed by atoms with E-state index in [1.165, 1.54) is 27.8 Å². The lowest BCUT2D eigenvalue weighted by atomic mass is 10.1. The average molecular weight is 544 g/mol. The topological polar surface area (TPSA) is 89.0 Å². The van der Waals surface area contributed by atoms with E-state index < -0.39 is 10.0 Å². The molecule has 1 amide bonds. The van der Waals surface area contributed by atoms with E-state index in [9.17, 15) is 13.2 Å². The number of thiazole rings is 1. The maximum absolute atomic E-state index is 13.7. The first-order chi connectivity index (χ1) is 17.7. The van der Waals surface area contributed by atoms with E-state index >= 15 is 0 Å². The van der Waals surface area contributed by atoms with Crippen LogP contribution in [0, 0.1) is 13.8 Å². The number of carbonyl (C=O) groups excluding carboxylic acids is 1. The second-order valence-electron chi connectivity index (χ2n) is 9.92. The molecule has 2 aromatic carbocycles. The van der Waals surface area contributed by atoms with E-state index in [0.29, 0.717) is 37.0 Å². The number of aromatic nitrogens is 1. The summed E-state index contributed by atoms with van der Waals surface area (Å²) >= 11 is 1.49. The zero-order chi connectivity index (χ0) is 26.2. The molecule has 8 nitrogen and oxygen atoms in total. The molecule has 0 bridgehead atoms. The molecule has 5 rings (SSSR count). The maximum Gasteiger partial charge on any atom is 0.260 e. The molecule has 3 heterocycles. The summed E-state index contributed by atoms with van der Waals surface area (Å²) in [6.45, 7) is 6.16. The Balaban J connectivity index is 1.40. The number of amides is 1. The van der Waals surface area contributed by atoms with Gasteiger partial charge in [0.15, 0.2) is 5.13 Å². The number of anilines is 1. The zero-order valence-electron chi connectivity index (χ0n) is 21.5. The Morgan fingerprint density at radius 2 is 1.68 bits per heavy atom.